The minimum Gasteiger partial charge on any atom is -0.368 e. The number of nitrogens with one attached hydrogen (secondary N) is 1. The fourth-order valence-electron chi connectivity index (χ4n) is 3.04. The maximum Gasteiger partial charge on any atom is 0.227 e. The Morgan fingerprint density at radius 1 is 1.04 bits per heavy atom. The molecule has 6 heteroatoms. The predicted octanol–water partition coefficient (Wildman–Crippen LogP) is 3.34. The molecule has 0 bridgehead atoms. The first kappa shape index (κ1) is 15.5. The van der Waals surface area contributed by atoms with E-state index in [1.165, 1.54) is 18.5 Å². The van der Waals surface area contributed by atoms with Gasteiger partial charge < -0.3 is 15.1 Å². The van der Waals surface area contributed by atoms with Crippen molar-refractivity contribution in [3.8, 4) is 0 Å². The molecule has 0 unspecified atom stereocenters. The highest BCUT2D eigenvalue weighted by atomic mass is 35.5. The summed E-state index contributed by atoms with van der Waals surface area (Å²) in [4.78, 5) is 14.0. The van der Waals surface area contributed by atoms with Gasteiger partial charge in [0, 0.05) is 54.7 Å². The average Bonchev–Trinajstić information content (AvgIpc) is 3.38. The summed E-state index contributed by atoms with van der Waals surface area (Å²) in [6, 6.07) is 10.7. The molecule has 5 nitrogen and oxygen atoms in total. The summed E-state index contributed by atoms with van der Waals surface area (Å²) >= 11 is 6.11. The summed E-state index contributed by atoms with van der Waals surface area (Å²) < 4.78 is 0. The van der Waals surface area contributed by atoms with Crippen LogP contribution < -0.4 is 15.1 Å². The molecule has 0 atom stereocenters. The maximum atomic E-state index is 6.11. The molecule has 126 valence electrons. The zero-order chi connectivity index (χ0) is 16.5. The van der Waals surface area contributed by atoms with Crippen molar-refractivity contribution in [1.82, 2.24) is 9.97 Å². The fourth-order valence-corrected chi connectivity index (χ4v) is 3.23. The molecule has 2 aliphatic rings. The Balaban J connectivity index is 1.44. The zero-order valence-electron chi connectivity index (χ0n) is 13.9. The minimum atomic E-state index is 0.604. The summed E-state index contributed by atoms with van der Waals surface area (Å²) in [6.45, 7) is 5.76. The number of benzene rings is 1. The van der Waals surface area contributed by atoms with E-state index in [0.29, 0.717) is 6.04 Å². The van der Waals surface area contributed by atoms with Crippen molar-refractivity contribution in [2.75, 3.05) is 41.3 Å². The van der Waals surface area contributed by atoms with Gasteiger partial charge in [-0.25, -0.2) is 4.98 Å². The molecule has 1 aliphatic carbocycles. The second-order valence-electron chi connectivity index (χ2n) is 6.57. The van der Waals surface area contributed by atoms with Crippen LogP contribution in [0.25, 0.3) is 0 Å². The van der Waals surface area contributed by atoms with Crippen LogP contribution in [0, 0.1) is 6.92 Å². The molecule has 2 heterocycles. The minimum absolute atomic E-state index is 0.604. The first-order valence-corrected chi connectivity index (χ1v) is 8.93. The number of piperazine rings is 1. The smallest absolute Gasteiger partial charge is 0.227 e. The van der Waals surface area contributed by atoms with E-state index in [1.54, 1.807) is 0 Å². The van der Waals surface area contributed by atoms with Crippen molar-refractivity contribution in [3.05, 3.63) is 41.0 Å². The lowest BCUT2D eigenvalue weighted by atomic mass is 10.2. The Morgan fingerprint density at radius 2 is 1.79 bits per heavy atom. The van der Waals surface area contributed by atoms with Crippen LogP contribution >= 0.6 is 11.6 Å². The van der Waals surface area contributed by atoms with E-state index in [-0.39, 0.29) is 0 Å². The predicted molar refractivity (Wildman–Crippen MR) is 99.3 cm³/mol. The number of aryl methyl sites for hydroxylation is 1. The average molecular weight is 344 g/mol. The molecule has 4 rings (SSSR count). The van der Waals surface area contributed by atoms with Crippen LogP contribution in [0.5, 0.6) is 0 Å². The van der Waals surface area contributed by atoms with Crippen LogP contribution in [-0.2, 0) is 0 Å². The summed E-state index contributed by atoms with van der Waals surface area (Å²) in [6.07, 6.45) is 2.49. The van der Waals surface area contributed by atoms with Crippen molar-refractivity contribution < 1.29 is 0 Å². The van der Waals surface area contributed by atoms with Crippen LogP contribution in [0.2, 0.25) is 5.02 Å². The Bertz CT molecular complexity index is 723. The van der Waals surface area contributed by atoms with E-state index in [9.17, 15) is 0 Å². The van der Waals surface area contributed by atoms with Gasteiger partial charge in [-0.3, -0.25) is 0 Å². The quantitative estimate of drug-likeness (QED) is 0.922. The summed E-state index contributed by atoms with van der Waals surface area (Å²) in [7, 11) is 0. The zero-order valence-corrected chi connectivity index (χ0v) is 14.6. The third-order valence-electron chi connectivity index (χ3n) is 4.51. The number of anilines is 3. The highest BCUT2D eigenvalue weighted by Crippen LogP contribution is 2.26. The van der Waals surface area contributed by atoms with Gasteiger partial charge in [0.15, 0.2) is 0 Å². The molecule has 2 fully saturated rings. The van der Waals surface area contributed by atoms with Crippen molar-refractivity contribution in [1.29, 1.82) is 0 Å². The van der Waals surface area contributed by atoms with Crippen LogP contribution in [0.3, 0.4) is 0 Å². The number of rotatable bonds is 4. The van der Waals surface area contributed by atoms with Gasteiger partial charge in [-0.15, -0.1) is 0 Å². The van der Waals surface area contributed by atoms with Crippen LogP contribution in [-0.4, -0.2) is 42.2 Å². The fraction of sp³-hybridized carbons (Fsp3) is 0.444. The van der Waals surface area contributed by atoms with Gasteiger partial charge >= 0.3 is 0 Å². The lowest BCUT2D eigenvalue weighted by molar-refractivity contribution is 0.639. The summed E-state index contributed by atoms with van der Waals surface area (Å²) in [5.74, 6) is 1.79. The van der Waals surface area contributed by atoms with E-state index in [1.807, 2.05) is 31.2 Å². The van der Waals surface area contributed by atoms with Crippen LogP contribution in [0.15, 0.2) is 30.3 Å². The third kappa shape index (κ3) is 3.56. The van der Waals surface area contributed by atoms with Crippen molar-refractivity contribution in [2.24, 2.45) is 0 Å². The topological polar surface area (TPSA) is 44.3 Å². The third-order valence-corrected chi connectivity index (χ3v) is 4.74. The molecule has 1 aliphatic heterocycles. The van der Waals surface area contributed by atoms with Gasteiger partial charge in [-0.2, -0.15) is 4.98 Å². The molecule has 1 aromatic heterocycles. The Kier molecular flexibility index (Phi) is 4.19. The first-order chi connectivity index (χ1) is 11.7. The highest BCUT2D eigenvalue weighted by Gasteiger charge is 2.23. The molecule has 1 saturated carbocycles. The number of hydrogen-bond acceptors (Lipinski definition) is 5. The van der Waals surface area contributed by atoms with E-state index >= 15 is 0 Å². The van der Waals surface area contributed by atoms with Gasteiger partial charge in [0.05, 0.1) is 0 Å². The largest absolute Gasteiger partial charge is 0.368 e. The monoisotopic (exact) mass is 343 g/mol. The Labute approximate surface area is 147 Å². The molecular weight excluding hydrogens is 322 g/mol. The van der Waals surface area contributed by atoms with Gasteiger partial charge in [0.25, 0.3) is 0 Å². The molecular formula is C18H22ClN5. The Morgan fingerprint density at radius 3 is 2.50 bits per heavy atom. The highest BCUT2D eigenvalue weighted by molar-refractivity contribution is 6.30. The number of aromatic nitrogens is 2. The van der Waals surface area contributed by atoms with Gasteiger partial charge in [-0.05, 0) is 38.0 Å². The van der Waals surface area contributed by atoms with Gasteiger partial charge in [-0.1, -0.05) is 17.7 Å². The van der Waals surface area contributed by atoms with Crippen molar-refractivity contribution in [2.45, 2.75) is 25.8 Å². The van der Waals surface area contributed by atoms with E-state index < -0.39 is 0 Å². The van der Waals surface area contributed by atoms with Crippen LogP contribution in [0.1, 0.15) is 18.5 Å². The van der Waals surface area contributed by atoms with Crippen molar-refractivity contribution >= 4 is 29.1 Å². The number of hydrogen-bond donors (Lipinski definition) is 1. The van der Waals surface area contributed by atoms with Gasteiger partial charge in [0.1, 0.15) is 5.82 Å². The lowest BCUT2D eigenvalue weighted by Crippen LogP contribution is -2.47. The summed E-state index contributed by atoms with van der Waals surface area (Å²) in [5, 5.41) is 4.26. The SMILES string of the molecule is Cc1cc(NC2CC2)nc(N2CCN(c3cccc(Cl)c3)CC2)n1. The summed E-state index contributed by atoms with van der Waals surface area (Å²) in [5.41, 5.74) is 2.20. The van der Waals surface area contributed by atoms with Crippen molar-refractivity contribution in [3.63, 3.8) is 0 Å². The number of nitrogens with zero attached hydrogens (tertiary/aromatic N) is 4. The second-order valence-corrected chi connectivity index (χ2v) is 7.00. The van der Waals surface area contributed by atoms with Gasteiger partial charge in [0.2, 0.25) is 5.95 Å². The first-order valence-electron chi connectivity index (χ1n) is 8.55. The molecule has 0 spiro atoms. The second kappa shape index (κ2) is 6.48. The lowest BCUT2D eigenvalue weighted by Gasteiger charge is -2.36. The molecule has 24 heavy (non-hydrogen) atoms. The molecule has 1 aromatic carbocycles. The van der Waals surface area contributed by atoms with E-state index in [0.717, 1.165) is 48.7 Å². The normalized spacial score (nSPS) is 17.9. The molecule has 2 aromatic rings. The van der Waals surface area contributed by atoms with E-state index in [4.69, 9.17) is 16.6 Å². The molecule has 0 amide bonds. The van der Waals surface area contributed by atoms with Crippen LogP contribution in [0.4, 0.5) is 17.5 Å². The number of halogens is 1. The molecule has 1 saturated heterocycles. The Hall–Kier alpha value is -2.01. The molecule has 1 N–H and O–H groups in total. The van der Waals surface area contributed by atoms with E-state index in [2.05, 4.69) is 26.2 Å². The molecule has 0 radical (unpaired) electrons. The standard InChI is InChI=1S/C18H22ClN5/c1-13-11-17(21-15-5-6-15)22-18(20-13)24-9-7-23(8-10-24)16-4-2-3-14(19)12-16/h2-4,11-12,15H,5-10H2,1H3,(H,20,21,22). The maximum absolute atomic E-state index is 6.11.